The molecule has 1 aromatic carbocycles. The average molecular weight is 503 g/mol. The van der Waals surface area contributed by atoms with Crippen molar-refractivity contribution in [3.63, 3.8) is 0 Å². The SMILES string of the molecule is CCc1ccc(-c2nnc(NS(=O)(=O)CCc3ncc(F)cn3)n2-c2c(OC)cccc2OC)o1. The Morgan fingerprint density at radius 2 is 1.74 bits per heavy atom. The molecule has 0 amide bonds. The van der Waals surface area contributed by atoms with Gasteiger partial charge in [0.05, 0.1) is 32.4 Å². The van der Waals surface area contributed by atoms with Crippen molar-refractivity contribution in [2.75, 3.05) is 24.7 Å². The Bertz CT molecular complexity index is 1400. The van der Waals surface area contributed by atoms with Crippen molar-refractivity contribution in [3.8, 4) is 28.8 Å². The first-order valence-corrected chi connectivity index (χ1v) is 12.2. The molecule has 35 heavy (non-hydrogen) atoms. The fourth-order valence-electron chi connectivity index (χ4n) is 3.35. The Morgan fingerprint density at radius 1 is 1.06 bits per heavy atom. The summed E-state index contributed by atoms with van der Waals surface area (Å²) in [7, 11) is -0.974. The van der Waals surface area contributed by atoms with E-state index in [9.17, 15) is 12.8 Å². The minimum atomic E-state index is -3.94. The summed E-state index contributed by atoms with van der Waals surface area (Å²) in [6, 6.07) is 8.67. The van der Waals surface area contributed by atoms with Gasteiger partial charge in [-0.3, -0.25) is 9.29 Å². The molecule has 0 saturated heterocycles. The highest BCUT2D eigenvalue weighted by Gasteiger charge is 2.26. The number of nitrogens with one attached hydrogen (secondary N) is 1. The van der Waals surface area contributed by atoms with E-state index in [4.69, 9.17) is 13.9 Å². The van der Waals surface area contributed by atoms with Crippen molar-refractivity contribution in [3.05, 3.63) is 60.1 Å². The van der Waals surface area contributed by atoms with E-state index in [0.29, 0.717) is 29.4 Å². The van der Waals surface area contributed by atoms with Crippen LogP contribution in [0.4, 0.5) is 10.3 Å². The van der Waals surface area contributed by atoms with Crippen LogP contribution in [0.2, 0.25) is 0 Å². The lowest BCUT2D eigenvalue weighted by molar-refractivity contribution is 0.391. The second-order valence-electron chi connectivity index (χ2n) is 7.30. The first kappa shape index (κ1) is 24.1. The van der Waals surface area contributed by atoms with Crippen LogP contribution >= 0.6 is 0 Å². The molecule has 4 aromatic rings. The Balaban J connectivity index is 1.76. The molecule has 0 atom stereocenters. The zero-order valence-electron chi connectivity index (χ0n) is 19.2. The van der Waals surface area contributed by atoms with Crippen molar-refractivity contribution in [1.82, 2.24) is 24.7 Å². The van der Waals surface area contributed by atoms with Crippen LogP contribution in [0.1, 0.15) is 18.5 Å². The Hall–Kier alpha value is -4.00. The first-order valence-electron chi connectivity index (χ1n) is 10.6. The third kappa shape index (κ3) is 5.24. The number of benzene rings is 1. The van der Waals surface area contributed by atoms with E-state index in [-0.39, 0.29) is 29.8 Å². The molecule has 0 aliphatic carbocycles. The number of methoxy groups -OCH3 is 2. The van der Waals surface area contributed by atoms with E-state index in [1.165, 1.54) is 18.8 Å². The number of halogens is 1. The zero-order valence-corrected chi connectivity index (χ0v) is 20.0. The van der Waals surface area contributed by atoms with Gasteiger partial charge >= 0.3 is 0 Å². The zero-order chi connectivity index (χ0) is 25.0. The number of aryl methyl sites for hydroxylation is 2. The van der Waals surface area contributed by atoms with E-state index in [1.54, 1.807) is 30.3 Å². The van der Waals surface area contributed by atoms with Crippen molar-refractivity contribution in [1.29, 1.82) is 0 Å². The van der Waals surface area contributed by atoms with Crippen LogP contribution in [0.25, 0.3) is 17.3 Å². The lowest BCUT2D eigenvalue weighted by Crippen LogP contribution is -2.21. The molecule has 0 unspecified atom stereocenters. The van der Waals surface area contributed by atoms with Crippen LogP contribution in [-0.2, 0) is 22.9 Å². The van der Waals surface area contributed by atoms with Crippen molar-refractivity contribution >= 4 is 16.0 Å². The maximum atomic E-state index is 13.0. The molecule has 0 bridgehead atoms. The van der Waals surface area contributed by atoms with E-state index in [1.807, 2.05) is 6.92 Å². The highest BCUT2D eigenvalue weighted by molar-refractivity contribution is 7.92. The van der Waals surface area contributed by atoms with Gasteiger partial charge in [0.15, 0.2) is 11.6 Å². The molecular weight excluding hydrogens is 479 g/mol. The Labute approximate surface area is 201 Å². The van der Waals surface area contributed by atoms with Gasteiger partial charge in [-0.15, -0.1) is 10.2 Å². The molecule has 0 radical (unpaired) electrons. The van der Waals surface area contributed by atoms with Crippen LogP contribution in [0.5, 0.6) is 11.5 Å². The molecule has 3 aromatic heterocycles. The Kier molecular flexibility index (Phi) is 6.96. The predicted octanol–water partition coefficient (Wildman–Crippen LogP) is 3.02. The van der Waals surface area contributed by atoms with Gasteiger partial charge in [0, 0.05) is 12.8 Å². The molecule has 13 heteroatoms. The number of rotatable bonds is 10. The molecule has 1 N–H and O–H groups in total. The predicted molar refractivity (Wildman–Crippen MR) is 125 cm³/mol. The van der Waals surface area contributed by atoms with Gasteiger partial charge in [0.2, 0.25) is 21.8 Å². The molecule has 4 rings (SSSR count). The summed E-state index contributed by atoms with van der Waals surface area (Å²) in [4.78, 5) is 7.59. The Morgan fingerprint density at radius 3 is 2.34 bits per heavy atom. The number of sulfonamides is 1. The van der Waals surface area contributed by atoms with Gasteiger partial charge in [-0.05, 0) is 24.3 Å². The van der Waals surface area contributed by atoms with Gasteiger partial charge in [-0.25, -0.2) is 22.8 Å². The number of hydrogen-bond donors (Lipinski definition) is 1. The van der Waals surface area contributed by atoms with Crippen LogP contribution in [0.15, 0.2) is 47.1 Å². The van der Waals surface area contributed by atoms with Crippen LogP contribution in [-0.4, -0.2) is 53.1 Å². The maximum Gasteiger partial charge on any atom is 0.243 e. The van der Waals surface area contributed by atoms with Gasteiger partial charge in [0.1, 0.15) is 28.8 Å². The van der Waals surface area contributed by atoms with Crippen molar-refractivity contribution in [2.45, 2.75) is 19.8 Å². The molecular formula is C22H23FN6O5S. The molecule has 0 aliphatic heterocycles. The molecule has 0 saturated carbocycles. The van der Waals surface area contributed by atoms with E-state index in [2.05, 4.69) is 24.9 Å². The fraction of sp³-hybridized carbons (Fsp3) is 0.273. The average Bonchev–Trinajstić information content (AvgIpc) is 3.49. The summed E-state index contributed by atoms with van der Waals surface area (Å²) in [5.74, 6) is 1.25. The molecule has 0 fully saturated rings. The first-order chi connectivity index (χ1) is 16.8. The van der Waals surface area contributed by atoms with E-state index >= 15 is 0 Å². The summed E-state index contributed by atoms with van der Waals surface area (Å²) in [5.41, 5.74) is 0.381. The van der Waals surface area contributed by atoms with Gasteiger partial charge < -0.3 is 13.9 Å². The normalized spacial score (nSPS) is 11.4. The number of aromatic nitrogens is 5. The van der Waals surface area contributed by atoms with Gasteiger partial charge in [0.25, 0.3) is 0 Å². The number of ether oxygens (including phenoxy) is 2. The van der Waals surface area contributed by atoms with Crippen LogP contribution < -0.4 is 14.2 Å². The van der Waals surface area contributed by atoms with Crippen molar-refractivity contribution < 1.29 is 26.7 Å². The third-order valence-corrected chi connectivity index (χ3v) is 6.27. The van der Waals surface area contributed by atoms with Crippen molar-refractivity contribution in [2.24, 2.45) is 0 Å². The highest BCUT2D eigenvalue weighted by Crippen LogP contribution is 2.38. The minimum Gasteiger partial charge on any atom is -0.494 e. The fourth-order valence-corrected chi connectivity index (χ4v) is 4.31. The largest absolute Gasteiger partial charge is 0.494 e. The summed E-state index contributed by atoms with van der Waals surface area (Å²) in [5, 5.41) is 8.27. The highest BCUT2D eigenvalue weighted by atomic mass is 32.2. The number of furan rings is 1. The molecule has 11 nitrogen and oxygen atoms in total. The summed E-state index contributed by atoms with van der Waals surface area (Å²) < 4.78 is 59.7. The number of anilines is 1. The minimum absolute atomic E-state index is 0.0351. The monoisotopic (exact) mass is 502 g/mol. The molecule has 3 heterocycles. The number of hydrogen-bond acceptors (Lipinski definition) is 9. The summed E-state index contributed by atoms with van der Waals surface area (Å²) in [6.45, 7) is 1.95. The van der Waals surface area contributed by atoms with Crippen LogP contribution in [0, 0.1) is 5.82 Å². The second kappa shape index (κ2) is 10.1. The topological polar surface area (TPSA) is 134 Å². The standard InChI is InChI=1S/C22H23FN6O5S/c1-4-15-8-9-18(34-15)21-26-27-22(29(21)20-16(32-2)6-5-7-17(20)33-3)28-35(30,31)11-10-19-24-12-14(23)13-25-19/h5-9,12-13H,4,10-11H2,1-3H3,(H,27,28). The number of nitrogens with zero attached hydrogens (tertiary/aromatic N) is 5. The number of para-hydroxylation sites is 1. The van der Waals surface area contributed by atoms with Gasteiger partial charge in [-0.2, -0.15) is 0 Å². The lowest BCUT2D eigenvalue weighted by Gasteiger charge is -2.17. The lowest BCUT2D eigenvalue weighted by atomic mass is 10.2. The summed E-state index contributed by atoms with van der Waals surface area (Å²) in [6.07, 6.45) is 2.59. The smallest absolute Gasteiger partial charge is 0.243 e. The third-order valence-electron chi connectivity index (χ3n) is 5.03. The summed E-state index contributed by atoms with van der Waals surface area (Å²) >= 11 is 0. The maximum absolute atomic E-state index is 13.0. The second-order valence-corrected chi connectivity index (χ2v) is 9.14. The van der Waals surface area contributed by atoms with E-state index < -0.39 is 15.8 Å². The molecule has 0 aliphatic rings. The van der Waals surface area contributed by atoms with E-state index in [0.717, 1.165) is 18.2 Å². The van der Waals surface area contributed by atoms with Crippen LogP contribution in [0.3, 0.4) is 0 Å². The molecule has 184 valence electrons. The van der Waals surface area contributed by atoms with Gasteiger partial charge in [-0.1, -0.05) is 13.0 Å². The molecule has 0 spiro atoms. The quantitative estimate of drug-likeness (QED) is 0.347.